The van der Waals surface area contributed by atoms with Gasteiger partial charge in [0.25, 0.3) is 0 Å². The second-order valence-corrected chi connectivity index (χ2v) is 4.46. The third kappa shape index (κ3) is 2.96. The monoisotopic (exact) mass is 275 g/mol. The van der Waals surface area contributed by atoms with E-state index in [0.717, 1.165) is 18.5 Å². The molecule has 1 amide bonds. The third-order valence-corrected chi connectivity index (χ3v) is 2.89. The van der Waals surface area contributed by atoms with Crippen LogP contribution in [0.2, 0.25) is 0 Å². The molecule has 0 atom stereocenters. The number of unbranched alkanes of at least 4 members (excludes halogenated alkanes) is 1. The fraction of sp³-hybridized carbons (Fsp3) is 0.357. The van der Waals surface area contributed by atoms with Gasteiger partial charge in [0.05, 0.1) is 6.20 Å². The summed E-state index contributed by atoms with van der Waals surface area (Å²) in [6, 6.07) is 5.33. The van der Waals surface area contributed by atoms with Gasteiger partial charge in [0.15, 0.2) is 0 Å². The smallest absolute Gasteiger partial charge is 0.403 e. The molecule has 0 saturated heterocycles. The summed E-state index contributed by atoms with van der Waals surface area (Å²) in [5.74, 6) is -0.0780. The molecule has 0 aliphatic carbocycles. The molecule has 6 heteroatoms. The van der Waals surface area contributed by atoms with E-state index in [1.54, 1.807) is 19.1 Å². The number of fused-ring (bicyclic) bond motifs is 1. The van der Waals surface area contributed by atoms with Crippen LogP contribution < -0.4 is 15.6 Å². The van der Waals surface area contributed by atoms with Gasteiger partial charge in [-0.3, -0.25) is 9.20 Å². The van der Waals surface area contributed by atoms with Crippen molar-refractivity contribution in [1.82, 2.24) is 14.7 Å². The van der Waals surface area contributed by atoms with Gasteiger partial charge in [0.1, 0.15) is 5.65 Å². The molecule has 0 spiro atoms. The summed E-state index contributed by atoms with van der Waals surface area (Å²) >= 11 is 0. The van der Waals surface area contributed by atoms with Crippen molar-refractivity contribution in [3.05, 3.63) is 40.4 Å². The van der Waals surface area contributed by atoms with Crippen molar-refractivity contribution in [1.29, 1.82) is 0 Å². The molecule has 0 aliphatic heterocycles. The van der Waals surface area contributed by atoms with Crippen LogP contribution in [0.1, 0.15) is 25.5 Å². The van der Waals surface area contributed by atoms with Gasteiger partial charge in [0, 0.05) is 12.2 Å². The fourth-order valence-corrected chi connectivity index (χ4v) is 1.83. The zero-order valence-electron chi connectivity index (χ0n) is 11.5. The van der Waals surface area contributed by atoms with E-state index in [4.69, 9.17) is 4.74 Å². The van der Waals surface area contributed by atoms with Crippen molar-refractivity contribution in [2.24, 2.45) is 0 Å². The Morgan fingerprint density at radius 3 is 3.00 bits per heavy atom. The van der Waals surface area contributed by atoms with Crippen molar-refractivity contribution in [2.45, 2.75) is 26.7 Å². The Labute approximate surface area is 116 Å². The summed E-state index contributed by atoms with van der Waals surface area (Å²) < 4.78 is 6.42. The average molecular weight is 275 g/mol. The maximum atomic E-state index is 12.2. The standard InChI is InChI=1S/C14H17N3O3/c1-3-4-8-15-14(19)20-11-9-16-12-7-5-6-10(2)17(12)13(11)18/h5-7,9H,3-4,8H2,1-2H3,(H,15,19). The van der Waals surface area contributed by atoms with Crippen LogP contribution in [0.5, 0.6) is 5.75 Å². The second-order valence-electron chi connectivity index (χ2n) is 4.46. The number of aryl methyl sites for hydroxylation is 1. The molecule has 2 heterocycles. The first-order valence-corrected chi connectivity index (χ1v) is 6.56. The van der Waals surface area contributed by atoms with Crippen LogP contribution in [0.3, 0.4) is 0 Å². The summed E-state index contributed by atoms with van der Waals surface area (Å²) in [5.41, 5.74) is 0.865. The molecule has 1 N–H and O–H groups in total. The second kappa shape index (κ2) is 6.18. The molecular weight excluding hydrogens is 258 g/mol. The summed E-state index contributed by atoms with van der Waals surface area (Å²) in [7, 11) is 0. The first-order chi connectivity index (χ1) is 9.63. The van der Waals surface area contributed by atoms with Crippen molar-refractivity contribution < 1.29 is 9.53 Å². The number of nitrogens with zero attached hydrogens (tertiary/aromatic N) is 2. The normalized spacial score (nSPS) is 10.5. The Hall–Kier alpha value is -2.37. The molecule has 106 valence electrons. The molecule has 2 aromatic rings. The van der Waals surface area contributed by atoms with E-state index < -0.39 is 11.7 Å². The number of hydrogen-bond donors (Lipinski definition) is 1. The number of ether oxygens (including phenoxy) is 1. The van der Waals surface area contributed by atoms with Crippen LogP contribution in [0, 0.1) is 6.92 Å². The lowest BCUT2D eigenvalue weighted by Gasteiger charge is -2.08. The summed E-state index contributed by atoms with van der Waals surface area (Å²) in [5, 5.41) is 2.58. The van der Waals surface area contributed by atoms with Gasteiger partial charge in [-0.15, -0.1) is 0 Å². The lowest BCUT2D eigenvalue weighted by molar-refractivity contribution is 0.199. The van der Waals surface area contributed by atoms with Crippen molar-refractivity contribution >= 4 is 11.7 Å². The maximum absolute atomic E-state index is 12.2. The Morgan fingerprint density at radius 2 is 2.25 bits per heavy atom. The highest BCUT2D eigenvalue weighted by Crippen LogP contribution is 2.06. The van der Waals surface area contributed by atoms with Gasteiger partial charge in [0.2, 0.25) is 5.75 Å². The van der Waals surface area contributed by atoms with E-state index >= 15 is 0 Å². The first-order valence-electron chi connectivity index (χ1n) is 6.56. The van der Waals surface area contributed by atoms with Crippen molar-refractivity contribution in [2.75, 3.05) is 6.54 Å². The zero-order valence-corrected chi connectivity index (χ0v) is 11.5. The zero-order chi connectivity index (χ0) is 14.5. The highest BCUT2D eigenvalue weighted by molar-refractivity contribution is 5.70. The minimum absolute atomic E-state index is 0.0780. The lowest BCUT2D eigenvalue weighted by Crippen LogP contribution is -2.30. The van der Waals surface area contributed by atoms with Crippen LogP contribution >= 0.6 is 0 Å². The van der Waals surface area contributed by atoms with E-state index in [0.29, 0.717) is 12.2 Å². The van der Waals surface area contributed by atoms with E-state index in [2.05, 4.69) is 10.3 Å². The number of amides is 1. The van der Waals surface area contributed by atoms with E-state index in [9.17, 15) is 9.59 Å². The summed E-state index contributed by atoms with van der Waals surface area (Å²) in [6.07, 6.45) is 2.48. The number of carbonyl (C=O) groups excluding carboxylic acids is 1. The van der Waals surface area contributed by atoms with Crippen LogP contribution in [-0.4, -0.2) is 22.0 Å². The van der Waals surface area contributed by atoms with Crippen molar-refractivity contribution in [3.63, 3.8) is 0 Å². The summed E-state index contributed by atoms with van der Waals surface area (Å²) in [4.78, 5) is 27.9. The molecule has 0 unspecified atom stereocenters. The predicted octanol–water partition coefficient (Wildman–Crippen LogP) is 1.89. The quantitative estimate of drug-likeness (QED) is 0.865. The minimum Gasteiger partial charge on any atom is -0.403 e. The van der Waals surface area contributed by atoms with Gasteiger partial charge >= 0.3 is 11.7 Å². The van der Waals surface area contributed by atoms with Gasteiger partial charge in [-0.2, -0.15) is 0 Å². The molecular formula is C14H17N3O3. The van der Waals surface area contributed by atoms with Crippen LogP contribution in [0.15, 0.2) is 29.2 Å². The molecule has 0 aromatic carbocycles. The predicted molar refractivity (Wildman–Crippen MR) is 75.1 cm³/mol. The van der Waals surface area contributed by atoms with E-state index in [1.165, 1.54) is 10.6 Å². The van der Waals surface area contributed by atoms with Crippen LogP contribution in [0.25, 0.3) is 5.65 Å². The number of carbonyl (C=O) groups is 1. The number of pyridine rings is 1. The SMILES string of the molecule is CCCCNC(=O)Oc1cnc2cccc(C)n2c1=O. The highest BCUT2D eigenvalue weighted by atomic mass is 16.6. The molecule has 0 saturated carbocycles. The molecule has 0 radical (unpaired) electrons. The van der Waals surface area contributed by atoms with E-state index in [-0.39, 0.29) is 5.75 Å². The Morgan fingerprint density at radius 1 is 1.45 bits per heavy atom. The van der Waals surface area contributed by atoms with E-state index in [1.807, 2.05) is 13.0 Å². The average Bonchev–Trinajstić information content (AvgIpc) is 2.42. The number of nitrogens with one attached hydrogen (secondary N) is 1. The van der Waals surface area contributed by atoms with Gasteiger partial charge in [-0.05, 0) is 25.5 Å². The molecule has 0 aliphatic rings. The molecule has 6 nitrogen and oxygen atoms in total. The Kier molecular flexibility index (Phi) is 4.34. The number of hydrogen-bond acceptors (Lipinski definition) is 4. The van der Waals surface area contributed by atoms with Gasteiger partial charge < -0.3 is 10.1 Å². The molecule has 2 rings (SSSR count). The fourth-order valence-electron chi connectivity index (χ4n) is 1.83. The summed E-state index contributed by atoms with van der Waals surface area (Å²) in [6.45, 7) is 4.34. The molecule has 0 bridgehead atoms. The highest BCUT2D eigenvalue weighted by Gasteiger charge is 2.11. The van der Waals surface area contributed by atoms with Crippen LogP contribution in [0.4, 0.5) is 4.79 Å². The van der Waals surface area contributed by atoms with Crippen LogP contribution in [-0.2, 0) is 0 Å². The largest absolute Gasteiger partial charge is 0.412 e. The Bertz CT molecular complexity index is 679. The number of rotatable bonds is 4. The topological polar surface area (TPSA) is 72.7 Å². The lowest BCUT2D eigenvalue weighted by atomic mass is 10.3. The molecule has 0 fully saturated rings. The first kappa shape index (κ1) is 14.0. The van der Waals surface area contributed by atoms with Crippen molar-refractivity contribution in [3.8, 4) is 5.75 Å². The third-order valence-electron chi connectivity index (χ3n) is 2.89. The molecule has 20 heavy (non-hydrogen) atoms. The van der Waals surface area contributed by atoms with Gasteiger partial charge in [-0.1, -0.05) is 19.4 Å². The maximum Gasteiger partial charge on any atom is 0.412 e. The van der Waals surface area contributed by atoms with Gasteiger partial charge in [-0.25, -0.2) is 9.78 Å². The number of aromatic nitrogens is 2. The molecule has 2 aromatic heterocycles. The minimum atomic E-state index is -0.633. The Balaban J connectivity index is 2.23.